The molecular formula is C18H19F3O5S2. The molecule has 0 amide bonds. The van der Waals surface area contributed by atoms with Gasteiger partial charge < -0.3 is 9.29 Å². The third-order valence-electron chi connectivity index (χ3n) is 3.40. The Morgan fingerprint density at radius 1 is 1.11 bits per heavy atom. The van der Waals surface area contributed by atoms with Crippen LogP contribution >= 0.6 is 0 Å². The maximum Gasteiger partial charge on any atom is 0.485 e. The molecule has 0 aliphatic heterocycles. The molecule has 0 fully saturated rings. The van der Waals surface area contributed by atoms with E-state index in [9.17, 15) is 18.0 Å². The number of hydrogen-bond donors (Lipinski definition) is 0. The van der Waals surface area contributed by atoms with Crippen LogP contribution in [-0.4, -0.2) is 30.7 Å². The van der Waals surface area contributed by atoms with Crippen LogP contribution in [0.15, 0.2) is 53.4 Å². The van der Waals surface area contributed by atoms with E-state index in [4.69, 9.17) is 17.7 Å². The molecule has 0 saturated heterocycles. The predicted octanol–water partition coefficient (Wildman–Crippen LogP) is 3.78. The fourth-order valence-electron chi connectivity index (χ4n) is 1.99. The second kappa shape index (κ2) is 9.94. The number of ether oxygens (including phenoxy) is 1. The van der Waals surface area contributed by atoms with Crippen molar-refractivity contribution in [2.75, 3.05) is 6.26 Å². The average molecular weight is 436 g/mol. The lowest BCUT2D eigenvalue weighted by Crippen LogP contribution is -2.21. The number of carbonyl (C=O) groups excluding carboxylic acids is 1. The Balaban J connectivity index is 0.000000416. The second-order valence-electron chi connectivity index (χ2n) is 5.67. The molecule has 28 heavy (non-hydrogen) atoms. The molecule has 2 aromatic carbocycles. The van der Waals surface area contributed by atoms with Crippen molar-refractivity contribution in [1.29, 1.82) is 0 Å². The first-order valence-corrected chi connectivity index (χ1v) is 11.0. The standard InChI is InChI=1S/C17H19O2S.CHF3O3S/c1-13-6-4-5-7-15(13)12-20(3)17-10-8-16(9-11-17)19-14(2)18;2-1(3,4)8(5,6)7/h4-11H,12H2,1-3H3;(H,5,6,7)/q+1;/p-1. The zero-order chi connectivity index (χ0) is 21.5. The van der Waals surface area contributed by atoms with Gasteiger partial charge in [-0.05, 0) is 36.8 Å². The summed E-state index contributed by atoms with van der Waals surface area (Å²) in [6, 6.07) is 16.3. The molecule has 154 valence electrons. The Bertz CT molecular complexity index is 894. The maximum absolute atomic E-state index is 10.9. The lowest BCUT2D eigenvalue weighted by molar-refractivity contribution is -0.131. The molecule has 2 rings (SSSR count). The van der Waals surface area contributed by atoms with Gasteiger partial charge in [0.25, 0.3) is 0 Å². The molecule has 0 aliphatic rings. The zero-order valence-corrected chi connectivity index (χ0v) is 17.0. The zero-order valence-electron chi connectivity index (χ0n) is 15.3. The summed E-state index contributed by atoms with van der Waals surface area (Å²) in [6.45, 7) is 3.56. The normalized spacial score (nSPS) is 12.5. The van der Waals surface area contributed by atoms with Crippen LogP contribution in [0.2, 0.25) is 0 Å². The summed E-state index contributed by atoms with van der Waals surface area (Å²) < 4.78 is 64.0. The van der Waals surface area contributed by atoms with Crippen LogP contribution in [-0.2, 0) is 31.6 Å². The van der Waals surface area contributed by atoms with Crippen LogP contribution in [0, 0.1) is 6.92 Å². The third kappa shape index (κ3) is 7.91. The minimum absolute atomic E-state index is 0.144. The van der Waals surface area contributed by atoms with Gasteiger partial charge in [-0.1, -0.05) is 24.3 Å². The van der Waals surface area contributed by atoms with Crippen molar-refractivity contribution in [2.24, 2.45) is 0 Å². The Kier molecular flexibility index (Phi) is 8.52. The van der Waals surface area contributed by atoms with E-state index in [2.05, 4.69) is 37.4 Å². The number of benzene rings is 2. The van der Waals surface area contributed by atoms with Crippen molar-refractivity contribution in [3.8, 4) is 5.75 Å². The van der Waals surface area contributed by atoms with Crippen LogP contribution in [0.5, 0.6) is 5.75 Å². The Morgan fingerprint density at radius 2 is 1.61 bits per heavy atom. The minimum atomic E-state index is -6.09. The van der Waals surface area contributed by atoms with E-state index in [0.717, 1.165) is 5.75 Å². The molecular weight excluding hydrogens is 417 g/mol. The largest absolute Gasteiger partial charge is 0.741 e. The van der Waals surface area contributed by atoms with E-state index >= 15 is 0 Å². The predicted molar refractivity (Wildman–Crippen MR) is 99.9 cm³/mol. The van der Waals surface area contributed by atoms with Gasteiger partial charge in [0, 0.05) is 23.4 Å². The molecule has 0 aliphatic carbocycles. The molecule has 10 heteroatoms. The Labute approximate surface area is 164 Å². The number of hydrogen-bond acceptors (Lipinski definition) is 5. The number of rotatable bonds is 4. The van der Waals surface area contributed by atoms with E-state index in [1.54, 1.807) is 0 Å². The highest BCUT2D eigenvalue weighted by atomic mass is 32.2. The molecule has 0 heterocycles. The summed E-state index contributed by atoms with van der Waals surface area (Å²) >= 11 is 0. The van der Waals surface area contributed by atoms with Crippen molar-refractivity contribution < 1.29 is 35.7 Å². The maximum atomic E-state index is 10.9. The Hall–Kier alpha value is -2.04. The molecule has 5 nitrogen and oxygen atoms in total. The molecule has 0 aromatic heterocycles. The van der Waals surface area contributed by atoms with Gasteiger partial charge in [0.15, 0.2) is 15.0 Å². The van der Waals surface area contributed by atoms with Crippen LogP contribution in [0.1, 0.15) is 18.1 Å². The number of aryl methyl sites for hydroxylation is 1. The smallest absolute Gasteiger partial charge is 0.485 e. The number of esters is 1. The first kappa shape index (κ1) is 24.0. The van der Waals surface area contributed by atoms with Crippen LogP contribution in [0.25, 0.3) is 0 Å². The first-order chi connectivity index (χ1) is 12.8. The fourth-order valence-corrected chi connectivity index (χ4v) is 3.55. The molecule has 0 spiro atoms. The Morgan fingerprint density at radius 3 is 2.04 bits per heavy atom. The third-order valence-corrected chi connectivity index (χ3v) is 5.79. The highest BCUT2D eigenvalue weighted by Gasteiger charge is 2.36. The van der Waals surface area contributed by atoms with Crippen molar-refractivity contribution in [2.45, 2.75) is 30.0 Å². The summed E-state index contributed by atoms with van der Waals surface area (Å²) in [6.07, 6.45) is 2.24. The van der Waals surface area contributed by atoms with E-state index in [-0.39, 0.29) is 16.9 Å². The van der Waals surface area contributed by atoms with Gasteiger partial charge in [-0.15, -0.1) is 0 Å². The van der Waals surface area contributed by atoms with Gasteiger partial charge in [0.1, 0.15) is 17.8 Å². The van der Waals surface area contributed by atoms with Crippen molar-refractivity contribution in [3.63, 3.8) is 0 Å². The average Bonchev–Trinajstić information content (AvgIpc) is 2.56. The van der Waals surface area contributed by atoms with Gasteiger partial charge in [0.2, 0.25) is 0 Å². The second-order valence-corrected chi connectivity index (χ2v) is 9.08. The minimum Gasteiger partial charge on any atom is -0.741 e. The summed E-state index contributed by atoms with van der Waals surface area (Å²) in [7, 11) is -5.95. The molecule has 1 unspecified atom stereocenters. The number of carbonyl (C=O) groups is 1. The van der Waals surface area contributed by atoms with Crippen LogP contribution < -0.4 is 4.74 Å². The summed E-state index contributed by atoms with van der Waals surface area (Å²) in [5, 5.41) is 0. The fraction of sp³-hybridized carbons (Fsp3) is 0.278. The van der Waals surface area contributed by atoms with Crippen LogP contribution in [0.4, 0.5) is 13.2 Å². The van der Waals surface area contributed by atoms with Crippen molar-refractivity contribution in [3.05, 3.63) is 59.7 Å². The molecule has 0 radical (unpaired) electrons. The van der Waals surface area contributed by atoms with E-state index < -0.39 is 15.6 Å². The molecule has 2 aromatic rings. The molecule has 0 saturated carbocycles. The first-order valence-electron chi connectivity index (χ1n) is 7.79. The molecule has 0 bridgehead atoms. The van der Waals surface area contributed by atoms with Gasteiger partial charge >= 0.3 is 11.5 Å². The monoisotopic (exact) mass is 436 g/mol. The number of halogens is 3. The lowest BCUT2D eigenvalue weighted by atomic mass is 10.1. The van der Waals surface area contributed by atoms with E-state index in [1.807, 2.05) is 24.3 Å². The van der Waals surface area contributed by atoms with Gasteiger partial charge in [-0.2, -0.15) is 13.2 Å². The molecule has 0 N–H and O–H groups in total. The van der Waals surface area contributed by atoms with Crippen molar-refractivity contribution >= 4 is 27.0 Å². The van der Waals surface area contributed by atoms with Crippen LogP contribution in [0.3, 0.4) is 0 Å². The van der Waals surface area contributed by atoms with Gasteiger partial charge in [-0.25, -0.2) is 8.42 Å². The topological polar surface area (TPSA) is 83.5 Å². The summed E-state index contributed by atoms with van der Waals surface area (Å²) in [5.74, 6) is 1.36. The van der Waals surface area contributed by atoms with E-state index in [1.165, 1.54) is 22.9 Å². The lowest BCUT2D eigenvalue weighted by Gasteiger charge is -2.08. The SMILES string of the molecule is CC(=O)Oc1ccc([S+](C)Cc2ccccc2C)cc1.O=S(=O)([O-])C(F)(F)F. The highest BCUT2D eigenvalue weighted by molar-refractivity contribution is 7.95. The highest BCUT2D eigenvalue weighted by Crippen LogP contribution is 2.22. The quantitative estimate of drug-likeness (QED) is 0.239. The molecule has 1 atom stereocenters. The summed E-state index contributed by atoms with van der Waals surface area (Å²) in [5.41, 5.74) is -2.92. The van der Waals surface area contributed by atoms with E-state index in [0.29, 0.717) is 5.75 Å². The van der Waals surface area contributed by atoms with Gasteiger partial charge in [-0.3, -0.25) is 4.79 Å². The van der Waals surface area contributed by atoms with Crippen molar-refractivity contribution in [1.82, 2.24) is 0 Å². The number of alkyl halides is 3. The summed E-state index contributed by atoms with van der Waals surface area (Å²) in [4.78, 5) is 12.2. The van der Waals surface area contributed by atoms with Gasteiger partial charge in [0.05, 0.1) is 0 Å².